The fourth-order valence-electron chi connectivity index (χ4n) is 1.29. The van der Waals surface area contributed by atoms with Crippen LogP contribution in [0.4, 0.5) is 0 Å². The minimum atomic E-state index is -0.713. The number of halogens is 1. The zero-order valence-electron chi connectivity index (χ0n) is 11.9. The molecule has 0 saturated heterocycles. The van der Waals surface area contributed by atoms with Crippen LogP contribution in [0, 0.1) is 0 Å². The van der Waals surface area contributed by atoms with Crippen molar-refractivity contribution in [2.75, 3.05) is 0 Å². The molecule has 20 heavy (non-hydrogen) atoms. The largest absolute Gasteiger partial charge is 0.458 e. The van der Waals surface area contributed by atoms with E-state index < -0.39 is 23.5 Å². The molecular formula is C14H18BrNO4. The summed E-state index contributed by atoms with van der Waals surface area (Å²) in [4.78, 5) is 23.3. The molecule has 1 atom stereocenters. The average Bonchev–Trinajstić information content (AvgIpc) is 2.70. The third kappa shape index (κ3) is 6.06. The van der Waals surface area contributed by atoms with Gasteiger partial charge < -0.3 is 14.5 Å². The third-order valence-corrected chi connectivity index (χ3v) is 2.54. The molecule has 110 valence electrons. The smallest absolute Gasteiger partial charge is 0.328 e. The maximum atomic E-state index is 11.7. The number of ether oxygens (including phenoxy) is 1. The highest BCUT2D eigenvalue weighted by Crippen LogP contribution is 2.15. The first kappa shape index (κ1) is 16.5. The molecule has 0 unspecified atom stereocenters. The summed E-state index contributed by atoms with van der Waals surface area (Å²) < 4.78 is 11.0. The lowest BCUT2D eigenvalue weighted by molar-refractivity contribution is -0.157. The van der Waals surface area contributed by atoms with Gasteiger partial charge in [0.2, 0.25) is 5.91 Å². The molecule has 0 aliphatic carbocycles. The third-order valence-electron chi connectivity index (χ3n) is 2.11. The van der Waals surface area contributed by atoms with Crippen LogP contribution in [-0.2, 0) is 14.3 Å². The number of nitrogens with one attached hydrogen (secondary N) is 1. The van der Waals surface area contributed by atoms with Gasteiger partial charge in [0.15, 0.2) is 4.67 Å². The van der Waals surface area contributed by atoms with Crippen molar-refractivity contribution >= 4 is 33.9 Å². The molecular weight excluding hydrogens is 326 g/mol. The van der Waals surface area contributed by atoms with Crippen molar-refractivity contribution in [1.82, 2.24) is 5.32 Å². The fourth-order valence-corrected chi connectivity index (χ4v) is 1.61. The molecule has 5 nitrogen and oxygen atoms in total. The second kappa shape index (κ2) is 6.74. The highest BCUT2D eigenvalue weighted by Gasteiger charge is 2.22. The van der Waals surface area contributed by atoms with Crippen molar-refractivity contribution in [3.63, 3.8) is 0 Å². The van der Waals surface area contributed by atoms with E-state index in [0.717, 1.165) is 0 Å². The number of hydrogen-bond acceptors (Lipinski definition) is 4. The highest BCUT2D eigenvalue weighted by atomic mass is 79.9. The second-order valence-electron chi connectivity index (χ2n) is 5.24. The van der Waals surface area contributed by atoms with E-state index in [2.05, 4.69) is 21.2 Å². The van der Waals surface area contributed by atoms with Gasteiger partial charge in [-0.15, -0.1) is 0 Å². The van der Waals surface area contributed by atoms with Gasteiger partial charge in [0.25, 0.3) is 0 Å². The van der Waals surface area contributed by atoms with Crippen molar-refractivity contribution in [2.45, 2.75) is 39.3 Å². The SMILES string of the molecule is C[C@@H](NC(=O)/C=C/c1ccc(Br)o1)C(=O)OC(C)(C)C. The lowest BCUT2D eigenvalue weighted by atomic mass is 10.2. The Bertz CT molecular complexity index is 513. The van der Waals surface area contributed by atoms with Crippen molar-refractivity contribution in [3.8, 4) is 0 Å². The zero-order chi connectivity index (χ0) is 15.3. The van der Waals surface area contributed by atoms with Gasteiger partial charge >= 0.3 is 5.97 Å². The van der Waals surface area contributed by atoms with Crippen molar-refractivity contribution in [1.29, 1.82) is 0 Å². The van der Waals surface area contributed by atoms with E-state index in [0.29, 0.717) is 10.4 Å². The molecule has 0 aliphatic rings. The van der Waals surface area contributed by atoms with Crippen LogP contribution >= 0.6 is 15.9 Å². The molecule has 1 aromatic rings. The summed E-state index contributed by atoms with van der Waals surface area (Å²) in [6.45, 7) is 6.89. The Labute approximate surface area is 126 Å². The van der Waals surface area contributed by atoms with E-state index >= 15 is 0 Å². The normalized spacial score (nSPS) is 13.2. The van der Waals surface area contributed by atoms with Crippen molar-refractivity contribution in [3.05, 3.63) is 28.6 Å². The number of carbonyl (C=O) groups is 2. The molecule has 0 fully saturated rings. The Morgan fingerprint density at radius 1 is 1.40 bits per heavy atom. The summed E-state index contributed by atoms with van der Waals surface area (Å²) in [7, 11) is 0. The van der Waals surface area contributed by atoms with Crippen LogP contribution in [-0.4, -0.2) is 23.5 Å². The quantitative estimate of drug-likeness (QED) is 0.674. The molecule has 0 aliphatic heterocycles. The van der Waals surface area contributed by atoms with Crippen LogP contribution in [0.2, 0.25) is 0 Å². The number of amides is 1. The molecule has 1 aromatic heterocycles. The van der Waals surface area contributed by atoms with Gasteiger partial charge in [0, 0.05) is 6.08 Å². The monoisotopic (exact) mass is 343 g/mol. The molecule has 0 spiro atoms. The summed E-state index contributed by atoms with van der Waals surface area (Å²) >= 11 is 3.16. The van der Waals surface area contributed by atoms with Crippen LogP contribution in [0.5, 0.6) is 0 Å². The molecule has 0 aromatic carbocycles. The average molecular weight is 344 g/mol. The molecule has 1 rings (SSSR count). The lowest BCUT2D eigenvalue weighted by Gasteiger charge is -2.22. The molecule has 0 radical (unpaired) electrons. The summed E-state index contributed by atoms with van der Waals surface area (Å²) in [6, 6.07) is 2.72. The van der Waals surface area contributed by atoms with E-state index in [9.17, 15) is 9.59 Å². The second-order valence-corrected chi connectivity index (χ2v) is 6.02. The van der Waals surface area contributed by atoms with Gasteiger partial charge in [0.05, 0.1) is 0 Å². The van der Waals surface area contributed by atoms with Gasteiger partial charge in [-0.3, -0.25) is 4.79 Å². The minimum absolute atomic E-state index is 0.393. The molecule has 1 heterocycles. The summed E-state index contributed by atoms with van der Waals surface area (Å²) in [5.74, 6) is -0.326. The van der Waals surface area contributed by atoms with Gasteiger partial charge in [-0.05, 0) is 61.8 Å². The topological polar surface area (TPSA) is 68.5 Å². The predicted octanol–water partition coefficient (Wildman–Crippen LogP) is 2.90. The minimum Gasteiger partial charge on any atom is -0.458 e. The molecule has 0 bridgehead atoms. The van der Waals surface area contributed by atoms with Gasteiger partial charge in [-0.2, -0.15) is 0 Å². The molecule has 1 N–H and O–H groups in total. The standard InChI is InChI=1S/C14H18BrNO4/c1-9(13(18)20-14(2,3)4)16-12(17)8-6-10-5-7-11(15)19-10/h5-9H,1-4H3,(H,16,17)/b8-6+/t9-/m1/s1. The number of esters is 1. The van der Waals surface area contributed by atoms with Gasteiger partial charge in [0.1, 0.15) is 17.4 Å². The Morgan fingerprint density at radius 3 is 2.55 bits per heavy atom. The van der Waals surface area contributed by atoms with Crippen LogP contribution in [0.3, 0.4) is 0 Å². The number of hydrogen-bond donors (Lipinski definition) is 1. The first-order valence-corrected chi connectivity index (χ1v) is 6.93. The molecule has 0 saturated carbocycles. The van der Waals surface area contributed by atoms with Crippen molar-refractivity contribution in [2.24, 2.45) is 0 Å². The first-order valence-electron chi connectivity index (χ1n) is 6.14. The zero-order valence-corrected chi connectivity index (χ0v) is 13.5. The lowest BCUT2D eigenvalue weighted by Crippen LogP contribution is -2.41. The van der Waals surface area contributed by atoms with E-state index in [1.54, 1.807) is 39.8 Å². The summed E-state index contributed by atoms with van der Waals surface area (Å²) in [5.41, 5.74) is -0.577. The Morgan fingerprint density at radius 2 is 2.05 bits per heavy atom. The number of furan rings is 1. The van der Waals surface area contributed by atoms with Crippen molar-refractivity contribution < 1.29 is 18.7 Å². The fraction of sp³-hybridized carbons (Fsp3) is 0.429. The maximum Gasteiger partial charge on any atom is 0.328 e. The first-order chi connectivity index (χ1) is 9.17. The van der Waals surface area contributed by atoms with E-state index in [1.165, 1.54) is 12.2 Å². The van der Waals surface area contributed by atoms with E-state index in [1.807, 2.05) is 0 Å². The Balaban J connectivity index is 2.49. The number of rotatable bonds is 4. The molecule has 1 amide bonds. The predicted molar refractivity (Wildman–Crippen MR) is 78.9 cm³/mol. The van der Waals surface area contributed by atoms with E-state index in [-0.39, 0.29) is 0 Å². The van der Waals surface area contributed by atoms with Crippen LogP contribution < -0.4 is 5.32 Å². The summed E-state index contributed by atoms with van der Waals surface area (Å²) in [5, 5.41) is 2.53. The summed E-state index contributed by atoms with van der Waals surface area (Å²) in [6.07, 6.45) is 2.81. The Hall–Kier alpha value is -1.56. The van der Waals surface area contributed by atoms with Crippen LogP contribution in [0.25, 0.3) is 6.08 Å². The highest BCUT2D eigenvalue weighted by molar-refractivity contribution is 9.10. The van der Waals surface area contributed by atoms with Crippen LogP contribution in [0.1, 0.15) is 33.5 Å². The van der Waals surface area contributed by atoms with Crippen LogP contribution in [0.15, 0.2) is 27.3 Å². The van der Waals surface area contributed by atoms with Gasteiger partial charge in [-0.25, -0.2) is 4.79 Å². The molecule has 6 heteroatoms. The van der Waals surface area contributed by atoms with Gasteiger partial charge in [-0.1, -0.05) is 0 Å². The van der Waals surface area contributed by atoms with E-state index in [4.69, 9.17) is 9.15 Å². The number of carbonyl (C=O) groups excluding carboxylic acids is 2. The Kier molecular flexibility index (Phi) is 5.56. The maximum absolute atomic E-state index is 11.7.